The number of hydrogen-bond acceptors (Lipinski definition) is 4. The Bertz CT molecular complexity index is 535. The molecule has 0 spiro atoms. The molecule has 1 aromatic heterocycles. The van der Waals surface area contributed by atoms with Gasteiger partial charge in [0.1, 0.15) is 5.82 Å². The smallest absolute Gasteiger partial charge is 0.269 e. The second-order valence-corrected chi connectivity index (χ2v) is 3.92. The summed E-state index contributed by atoms with van der Waals surface area (Å²) >= 11 is 3.23. The van der Waals surface area contributed by atoms with Gasteiger partial charge in [0.15, 0.2) is 0 Å². The van der Waals surface area contributed by atoms with Gasteiger partial charge < -0.3 is 5.73 Å². The van der Waals surface area contributed by atoms with Gasteiger partial charge in [0.05, 0.1) is 21.3 Å². The van der Waals surface area contributed by atoms with Crippen LogP contribution in [-0.4, -0.2) is 14.7 Å². The number of anilines is 1. The zero-order valence-corrected chi connectivity index (χ0v) is 9.59. The summed E-state index contributed by atoms with van der Waals surface area (Å²) in [7, 11) is 0. The predicted molar refractivity (Wildman–Crippen MR) is 62.3 cm³/mol. The Morgan fingerprint density at radius 2 is 2.00 bits per heavy atom. The molecule has 1 aromatic carbocycles. The fourth-order valence-corrected chi connectivity index (χ4v) is 1.52. The maximum Gasteiger partial charge on any atom is 0.269 e. The van der Waals surface area contributed by atoms with E-state index in [1.807, 2.05) is 0 Å². The van der Waals surface area contributed by atoms with E-state index in [-0.39, 0.29) is 5.69 Å². The third-order valence-electron chi connectivity index (χ3n) is 2.06. The summed E-state index contributed by atoms with van der Waals surface area (Å²) in [6, 6.07) is 6.00. The second kappa shape index (κ2) is 3.93. The van der Waals surface area contributed by atoms with Gasteiger partial charge in [0.2, 0.25) is 0 Å². The Morgan fingerprint density at radius 1 is 1.38 bits per heavy atom. The molecule has 0 bridgehead atoms. The van der Waals surface area contributed by atoms with Crippen LogP contribution >= 0.6 is 15.9 Å². The van der Waals surface area contributed by atoms with E-state index in [9.17, 15) is 10.1 Å². The first-order valence-corrected chi connectivity index (χ1v) is 5.12. The molecular formula is C9H7BrN4O2. The molecule has 2 aromatic rings. The van der Waals surface area contributed by atoms with Crippen LogP contribution in [0.4, 0.5) is 11.5 Å². The lowest BCUT2D eigenvalue weighted by Gasteiger charge is -2.03. The van der Waals surface area contributed by atoms with Crippen LogP contribution in [0.5, 0.6) is 0 Å². The van der Waals surface area contributed by atoms with Crippen LogP contribution in [0, 0.1) is 10.1 Å². The first kappa shape index (κ1) is 10.6. The lowest BCUT2D eigenvalue weighted by molar-refractivity contribution is -0.384. The van der Waals surface area contributed by atoms with Gasteiger partial charge in [-0.05, 0) is 28.1 Å². The van der Waals surface area contributed by atoms with E-state index in [2.05, 4.69) is 21.0 Å². The molecule has 0 saturated carbocycles. The Labute approximate surface area is 99.0 Å². The summed E-state index contributed by atoms with van der Waals surface area (Å²) in [6.45, 7) is 0. The van der Waals surface area contributed by atoms with Gasteiger partial charge in [-0.15, -0.1) is 0 Å². The van der Waals surface area contributed by atoms with E-state index in [0.29, 0.717) is 16.0 Å². The molecule has 0 aliphatic heterocycles. The highest BCUT2D eigenvalue weighted by Crippen LogP contribution is 2.22. The van der Waals surface area contributed by atoms with Crippen molar-refractivity contribution in [1.29, 1.82) is 0 Å². The summed E-state index contributed by atoms with van der Waals surface area (Å²) in [4.78, 5) is 10.0. The highest BCUT2D eigenvalue weighted by atomic mass is 79.9. The monoisotopic (exact) mass is 282 g/mol. The minimum atomic E-state index is -0.452. The van der Waals surface area contributed by atoms with Gasteiger partial charge in [-0.25, -0.2) is 4.68 Å². The zero-order chi connectivity index (χ0) is 11.7. The number of nitrogens with two attached hydrogens (primary N) is 1. The number of hydrogen-bond donors (Lipinski definition) is 1. The van der Waals surface area contributed by atoms with E-state index in [4.69, 9.17) is 5.73 Å². The molecule has 0 unspecified atom stereocenters. The Hall–Kier alpha value is -1.89. The minimum absolute atomic E-state index is 0.0357. The largest absolute Gasteiger partial charge is 0.383 e. The van der Waals surface area contributed by atoms with Crippen LogP contribution in [0.2, 0.25) is 0 Å². The fourth-order valence-electron chi connectivity index (χ4n) is 1.26. The molecule has 2 N–H and O–H groups in total. The Kier molecular flexibility index (Phi) is 2.61. The summed E-state index contributed by atoms with van der Waals surface area (Å²) in [6.07, 6.45) is 1.57. The highest BCUT2D eigenvalue weighted by molar-refractivity contribution is 9.10. The van der Waals surface area contributed by atoms with Gasteiger partial charge in [-0.2, -0.15) is 5.10 Å². The molecule has 1 heterocycles. The van der Waals surface area contributed by atoms with Crippen molar-refractivity contribution < 1.29 is 4.92 Å². The summed E-state index contributed by atoms with van der Waals surface area (Å²) in [5.41, 5.74) is 6.46. The topological polar surface area (TPSA) is 87.0 Å². The maximum absolute atomic E-state index is 10.5. The number of nitro groups is 1. The van der Waals surface area contributed by atoms with Crippen molar-refractivity contribution in [2.24, 2.45) is 0 Å². The van der Waals surface area contributed by atoms with Gasteiger partial charge in [0, 0.05) is 12.1 Å². The first-order valence-electron chi connectivity index (χ1n) is 4.33. The van der Waals surface area contributed by atoms with E-state index in [1.54, 1.807) is 18.3 Å². The molecule has 16 heavy (non-hydrogen) atoms. The molecule has 6 nitrogen and oxygen atoms in total. The van der Waals surface area contributed by atoms with Crippen LogP contribution in [0.25, 0.3) is 5.69 Å². The highest BCUT2D eigenvalue weighted by Gasteiger charge is 2.09. The summed E-state index contributed by atoms with van der Waals surface area (Å²) < 4.78 is 2.18. The molecule has 0 radical (unpaired) electrons. The number of nitrogens with zero attached hydrogens (tertiary/aromatic N) is 3. The van der Waals surface area contributed by atoms with Crippen molar-refractivity contribution in [1.82, 2.24) is 9.78 Å². The third kappa shape index (κ3) is 1.76. The van der Waals surface area contributed by atoms with Crippen LogP contribution in [-0.2, 0) is 0 Å². The number of rotatable bonds is 2. The Morgan fingerprint density at radius 3 is 2.44 bits per heavy atom. The van der Waals surface area contributed by atoms with Gasteiger partial charge >= 0.3 is 0 Å². The molecule has 0 aliphatic rings. The van der Waals surface area contributed by atoms with Crippen molar-refractivity contribution >= 4 is 27.4 Å². The van der Waals surface area contributed by atoms with Crippen LogP contribution in [0.15, 0.2) is 34.9 Å². The van der Waals surface area contributed by atoms with Crippen molar-refractivity contribution in [2.45, 2.75) is 0 Å². The van der Waals surface area contributed by atoms with Crippen LogP contribution in [0.3, 0.4) is 0 Å². The summed E-state index contributed by atoms with van der Waals surface area (Å²) in [5, 5.41) is 14.5. The number of aromatic nitrogens is 2. The number of halogens is 1. The third-order valence-corrected chi connectivity index (χ3v) is 2.68. The molecule has 0 amide bonds. The van der Waals surface area contributed by atoms with Gasteiger partial charge in [-0.3, -0.25) is 10.1 Å². The van der Waals surface area contributed by atoms with Crippen molar-refractivity contribution in [3.8, 4) is 5.69 Å². The van der Waals surface area contributed by atoms with Gasteiger partial charge in [-0.1, -0.05) is 0 Å². The lowest BCUT2D eigenvalue weighted by Crippen LogP contribution is -2.01. The molecular weight excluding hydrogens is 276 g/mol. The Balaban J connectivity index is 2.42. The molecule has 0 aliphatic carbocycles. The van der Waals surface area contributed by atoms with Crippen molar-refractivity contribution in [3.63, 3.8) is 0 Å². The average molecular weight is 283 g/mol. The quantitative estimate of drug-likeness (QED) is 0.675. The number of nitro benzene ring substituents is 1. The molecule has 0 atom stereocenters. The molecule has 0 saturated heterocycles. The number of benzene rings is 1. The van der Waals surface area contributed by atoms with E-state index in [0.717, 1.165) is 0 Å². The molecule has 82 valence electrons. The lowest BCUT2D eigenvalue weighted by atomic mass is 10.3. The number of nitrogen functional groups attached to an aromatic ring is 1. The molecule has 7 heteroatoms. The van der Waals surface area contributed by atoms with E-state index < -0.39 is 4.92 Å². The SMILES string of the molecule is Nc1c(Br)cnn1-c1ccc([N+](=O)[O-])cc1. The van der Waals surface area contributed by atoms with Gasteiger partial charge in [0.25, 0.3) is 5.69 Å². The second-order valence-electron chi connectivity index (χ2n) is 3.06. The average Bonchev–Trinajstić information content (AvgIpc) is 2.60. The molecule has 2 rings (SSSR count). The van der Waals surface area contributed by atoms with Crippen LogP contribution in [0.1, 0.15) is 0 Å². The minimum Gasteiger partial charge on any atom is -0.383 e. The molecule has 0 fully saturated rings. The van der Waals surface area contributed by atoms with Crippen molar-refractivity contribution in [2.75, 3.05) is 5.73 Å². The van der Waals surface area contributed by atoms with Crippen LogP contribution < -0.4 is 5.73 Å². The van der Waals surface area contributed by atoms with Crippen molar-refractivity contribution in [3.05, 3.63) is 45.0 Å². The fraction of sp³-hybridized carbons (Fsp3) is 0. The number of non-ortho nitro benzene ring substituents is 1. The first-order chi connectivity index (χ1) is 7.59. The van der Waals surface area contributed by atoms with E-state index in [1.165, 1.54) is 16.8 Å². The maximum atomic E-state index is 10.5. The van der Waals surface area contributed by atoms with E-state index >= 15 is 0 Å². The summed E-state index contributed by atoms with van der Waals surface area (Å²) in [5.74, 6) is 0.453. The predicted octanol–water partition coefficient (Wildman–Crippen LogP) is 2.13. The standard InChI is InChI=1S/C9H7BrN4O2/c10-8-5-12-13(9(8)11)6-1-3-7(4-2-6)14(15)16/h1-5H,11H2. The zero-order valence-electron chi connectivity index (χ0n) is 8.00. The normalized spacial score (nSPS) is 10.3.